The van der Waals surface area contributed by atoms with Crippen molar-refractivity contribution in [2.24, 2.45) is 5.92 Å². The first kappa shape index (κ1) is 17.5. The average molecular weight is 357 g/mol. The summed E-state index contributed by atoms with van der Waals surface area (Å²) in [5.41, 5.74) is 2.43. The lowest BCUT2D eigenvalue weighted by atomic mass is 10.1. The second-order valence-electron chi connectivity index (χ2n) is 6.29. The molecule has 0 aliphatic carbocycles. The summed E-state index contributed by atoms with van der Waals surface area (Å²) in [6.07, 6.45) is -0.0553. The van der Waals surface area contributed by atoms with Gasteiger partial charge in [0.05, 0.1) is 5.92 Å². The molecule has 0 radical (unpaired) electrons. The van der Waals surface area contributed by atoms with E-state index in [1.54, 1.807) is 24.3 Å². The second kappa shape index (κ2) is 7.26. The Morgan fingerprint density at radius 2 is 1.76 bits per heavy atom. The van der Waals surface area contributed by atoms with Crippen molar-refractivity contribution in [2.45, 2.75) is 12.6 Å². The fourth-order valence-electron chi connectivity index (χ4n) is 3.02. The van der Waals surface area contributed by atoms with Crippen LogP contribution in [0.4, 0.5) is 0 Å². The first-order chi connectivity index (χ1) is 11.9. The number of para-hydroxylation sites is 1. The van der Waals surface area contributed by atoms with Crippen LogP contribution in [0, 0.1) is 5.92 Å². The van der Waals surface area contributed by atoms with Crippen molar-refractivity contribution < 1.29 is 19.4 Å². The molecule has 1 heterocycles. The summed E-state index contributed by atoms with van der Waals surface area (Å²) in [5, 5.41) is 10.5. The molecule has 5 nitrogen and oxygen atoms in total. The van der Waals surface area contributed by atoms with Gasteiger partial charge in [-0.15, -0.1) is 0 Å². The minimum Gasteiger partial charge on any atom is -0.481 e. The van der Waals surface area contributed by atoms with Gasteiger partial charge in [0, 0.05) is 30.0 Å². The minimum atomic E-state index is -3.59. The number of fused-ring (bicyclic) bond motifs is 1. The van der Waals surface area contributed by atoms with Crippen molar-refractivity contribution in [3.8, 4) is 0 Å². The zero-order valence-electron chi connectivity index (χ0n) is 13.6. The van der Waals surface area contributed by atoms with E-state index in [2.05, 4.69) is 4.98 Å². The molecule has 0 saturated heterocycles. The lowest BCUT2D eigenvalue weighted by Gasteiger charge is -2.17. The highest BCUT2D eigenvalue weighted by Crippen LogP contribution is 2.46. The maximum Gasteiger partial charge on any atom is 0.307 e. The summed E-state index contributed by atoms with van der Waals surface area (Å²) in [4.78, 5) is 25.1. The highest BCUT2D eigenvalue weighted by atomic mass is 31.2. The van der Waals surface area contributed by atoms with Crippen LogP contribution >= 0.6 is 7.37 Å². The van der Waals surface area contributed by atoms with Crippen LogP contribution in [0.1, 0.15) is 11.3 Å². The fraction of sp³-hybridized carbons (Fsp3) is 0.211. The molecule has 3 N–H and O–H groups in total. The highest BCUT2D eigenvalue weighted by molar-refractivity contribution is 7.57. The van der Waals surface area contributed by atoms with Gasteiger partial charge in [0.15, 0.2) is 0 Å². The third-order valence-corrected chi connectivity index (χ3v) is 6.05. The SMILES string of the molecule is O=C(O)C(Cc1cc2ccccc2[nH]1)CP(=O)(O)Cc1ccccc1. The smallest absolute Gasteiger partial charge is 0.307 e. The molecule has 0 fully saturated rings. The number of aliphatic carboxylic acids is 1. The molecule has 6 heteroatoms. The summed E-state index contributed by atoms with van der Waals surface area (Å²) >= 11 is 0. The minimum absolute atomic E-state index is 0.00960. The van der Waals surface area contributed by atoms with E-state index in [9.17, 15) is 19.4 Å². The number of H-pyrrole nitrogens is 1. The van der Waals surface area contributed by atoms with Crippen molar-refractivity contribution >= 4 is 24.2 Å². The number of rotatable bonds is 7. The van der Waals surface area contributed by atoms with Gasteiger partial charge < -0.3 is 15.0 Å². The van der Waals surface area contributed by atoms with Crippen LogP contribution in [-0.2, 0) is 21.9 Å². The molecule has 0 aliphatic heterocycles. The van der Waals surface area contributed by atoms with Crippen molar-refractivity contribution in [3.05, 3.63) is 71.9 Å². The molecule has 0 aliphatic rings. The Morgan fingerprint density at radius 1 is 1.08 bits per heavy atom. The predicted molar refractivity (Wildman–Crippen MR) is 98.0 cm³/mol. The molecule has 3 rings (SSSR count). The molecule has 0 amide bonds. The summed E-state index contributed by atoms with van der Waals surface area (Å²) in [6, 6.07) is 18.6. The van der Waals surface area contributed by atoms with E-state index in [0.29, 0.717) is 0 Å². The highest BCUT2D eigenvalue weighted by Gasteiger charge is 2.29. The summed E-state index contributed by atoms with van der Waals surface area (Å²) in [7, 11) is -3.59. The maximum absolute atomic E-state index is 12.5. The number of carboxylic acids is 1. The van der Waals surface area contributed by atoms with Gasteiger partial charge in [0.1, 0.15) is 0 Å². The first-order valence-electron chi connectivity index (χ1n) is 8.07. The van der Waals surface area contributed by atoms with Crippen LogP contribution in [0.5, 0.6) is 0 Å². The van der Waals surface area contributed by atoms with Crippen LogP contribution < -0.4 is 0 Å². The van der Waals surface area contributed by atoms with Gasteiger partial charge in [-0.25, -0.2) is 0 Å². The number of carboxylic acid groups (broad SMARTS) is 1. The lowest BCUT2D eigenvalue weighted by Crippen LogP contribution is -2.21. The van der Waals surface area contributed by atoms with E-state index in [1.165, 1.54) is 0 Å². The molecule has 0 bridgehead atoms. The van der Waals surface area contributed by atoms with Crippen molar-refractivity contribution in [1.29, 1.82) is 0 Å². The van der Waals surface area contributed by atoms with Crippen molar-refractivity contribution in [2.75, 3.05) is 6.16 Å². The molecule has 25 heavy (non-hydrogen) atoms. The quantitative estimate of drug-likeness (QED) is 0.560. The average Bonchev–Trinajstić information content (AvgIpc) is 2.96. The number of hydrogen-bond acceptors (Lipinski definition) is 2. The van der Waals surface area contributed by atoms with Crippen LogP contribution in [0.3, 0.4) is 0 Å². The number of aromatic nitrogens is 1. The normalized spacial score (nSPS) is 14.9. The van der Waals surface area contributed by atoms with Crippen LogP contribution in [-0.4, -0.2) is 27.1 Å². The van der Waals surface area contributed by atoms with Crippen molar-refractivity contribution in [1.82, 2.24) is 4.98 Å². The number of nitrogens with one attached hydrogen (secondary N) is 1. The zero-order valence-corrected chi connectivity index (χ0v) is 14.5. The topological polar surface area (TPSA) is 90.4 Å². The van der Waals surface area contributed by atoms with Crippen LogP contribution in [0.2, 0.25) is 0 Å². The monoisotopic (exact) mass is 357 g/mol. The summed E-state index contributed by atoms with van der Waals surface area (Å²) < 4.78 is 12.5. The largest absolute Gasteiger partial charge is 0.481 e. The van der Waals surface area contributed by atoms with Gasteiger partial charge in [-0.2, -0.15) is 0 Å². The van der Waals surface area contributed by atoms with Crippen LogP contribution in [0.25, 0.3) is 10.9 Å². The predicted octanol–water partition coefficient (Wildman–Crippen LogP) is 3.88. The maximum atomic E-state index is 12.5. The van der Waals surface area contributed by atoms with Gasteiger partial charge in [-0.05, 0) is 23.1 Å². The van der Waals surface area contributed by atoms with E-state index in [0.717, 1.165) is 22.2 Å². The molecule has 2 aromatic carbocycles. The Hall–Kier alpha value is -2.36. The van der Waals surface area contributed by atoms with Crippen LogP contribution in [0.15, 0.2) is 60.7 Å². The van der Waals surface area contributed by atoms with Gasteiger partial charge in [0.25, 0.3) is 0 Å². The molecular formula is C19H20NO4P. The molecular weight excluding hydrogens is 337 g/mol. The third-order valence-electron chi connectivity index (χ3n) is 4.18. The van der Waals surface area contributed by atoms with Gasteiger partial charge in [-0.3, -0.25) is 9.36 Å². The zero-order chi connectivity index (χ0) is 17.9. The molecule has 1 aromatic heterocycles. The summed E-state index contributed by atoms with van der Waals surface area (Å²) in [5.74, 6) is -1.96. The van der Waals surface area contributed by atoms with E-state index in [4.69, 9.17) is 0 Å². The molecule has 3 aromatic rings. The Morgan fingerprint density at radius 3 is 2.44 bits per heavy atom. The number of carbonyl (C=O) groups is 1. The number of benzene rings is 2. The number of aromatic amines is 1. The standard InChI is InChI=1S/C19H20NO4P/c21-19(22)16(11-17-10-15-8-4-5-9-18(15)20-17)13-25(23,24)12-14-6-2-1-3-7-14/h1-10,16,20H,11-13H2,(H,21,22)(H,23,24). The fourth-order valence-corrected chi connectivity index (χ4v) is 4.90. The molecule has 0 spiro atoms. The Balaban J connectivity index is 1.74. The molecule has 0 saturated carbocycles. The van der Waals surface area contributed by atoms with Crippen molar-refractivity contribution in [3.63, 3.8) is 0 Å². The summed E-state index contributed by atoms with van der Waals surface area (Å²) in [6.45, 7) is 0. The Bertz CT molecular complexity index is 886. The van der Waals surface area contributed by atoms with Gasteiger partial charge in [-0.1, -0.05) is 48.5 Å². The second-order valence-corrected chi connectivity index (χ2v) is 8.67. The van der Waals surface area contributed by atoms with E-state index in [-0.39, 0.29) is 18.7 Å². The van der Waals surface area contributed by atoms with E-state index in [1.807, 2.05) is 36.4 Å². The van der Waals surface area contributed by atoms with E-state index < -0.39 is 19.3 Å². The molecule has 130 valence electrons. The van der Waals surface area contributed by atoms with E-state index >= 15 is 0 Å². The lowest BCUT2D eigenvalue weighted by molar-refractivity contribution is -0.141. The Labute approximate surface area is 145 Å². The molecule has 2 unspecified atom stereocenters. The molecule has 2 atom stereocenters. The Kier molecular flexibility index (Phi) is 5.07. The van der Waals surface area contributed by atoms with Gasteiger partial charge in [0.2, 0.25) is 7.37 Å². The first-order valence-corrected chi connectivity index (χ1v) is 10.1. The third kappa shape index (κ3) is 4.59. The van der Waals surface area contributed by atoms with Gasteiger partial charge >= 0.3 is 5.97 Å². The number of hydrogen-bond donors (Lipinski definition) is 3.